The van der Waals surface area contributed by atoms with E-state index in [1.54, 1.807) is 0 Å². The van der Waals surface area contributed by atoms with Crippen molar-refractivity contribution >= 4 is 11.6 Å². The molecule has 11 heavy (non-hydrogen) atoms. The number of halogens is 3. The fourth-order valence-corrected chi connectivity index (χ4v) is 0.659. The molecule has 0 saturated heterocycles. The molecule has 0 spiro atoms. The Morgan fingerprint density at radius 2 is 1.36 bits per heavy atom. The van der Waals surface area contributed by atoms with Gasteiger partial charge in [0.05, 0.1) is 0 Å². The van der Waals surface area contributed by atoms with Gasteiger partial charge in [0.25, 0.3) is 0 Å². The van der Waals surface area contributed by atoms with Crippen LogP contribution in [0.25, 0.3) is 0 Å². The fourth-order valence-electron chi connectivity index (χ4n) is 0.533. The quantitative estimate of drug-likeness (QED) is 0.429. The summed E-state index contributed by atoms with van der Waals surface area (Å²) >= 11 is 5.61. The van der Waals surface area contributed by atoms with Crippen molar-refractivity contribution in [3.63, 3.8) is 0 Å². The predicted octanol–water partition coefficient (Wildman–Crippen LogP) is -3.35. The molecule has 1 rings (SSSR count). The molecule has 0 nitrogen and oxygen atoms in total. The van der Waals surface area contributed by atoms with Crippen LogP contribution in [0.3, 0.4) is 0 Å². The zero-order valence-corrected chi connectivity index (χ0v) is 11.4. The Morgan fingerprint density at radius 3 is 1.64 bits per heavy atom. The Balaban J connectivity index is -0.000000213. The van der Waals surface area contributed by atoms with Gasteiger partial charge in [-0.1, -0.05) is 29.3 Å². The minimum atomic E-state index is 0. The first kappa shape index (κ1) is 17.7. The molecule has 1 aromatic rings. The molecule has 0 bridgehead atoms. The summed E-state index contributed by atoms with van der Waals surface area (Å²) in [6.45, 7) is 2.04. The van der Waals surface area contributed by atoms with Crippen molar-refractivity contribution in [2.45, 2.75) is 6.92 Å². The number of benzene rings is 1. The molecule has 0 heterocycles. The van der Waals surface area contributed by atoms with Gasteiger partial charge in [-0.05, 0) is 19.1 Å². The van der Waals surface area contributed by atoms with Gasteiger partial charge in [0.15, 0.2) is 0 Å². The molecular weight excluding hydrogens is 256 g/mol. The van der Waals surface area contributed by atoms with Gasteiger partial charge >= 0.3 is 19.5 Å². The average Bonchev–Trinajstić information content (AvgIpc) is 1.77. The van der Waals surface area contributed by atoms with Crippen molar-refractivity contribution in [1.82, 2.24) is 0 Å². The summed E-state index contributed by atoms with van der Waals surface area (Å²) in [4.78, 5) is 0. The van der Waals surface area contributed by atoms with Crippen molar-refractivity contribution in [3.8, 4) is 0 Å². The molecule has 0 fully saturated rings. The van der Waals surface area contributed by atoms with E-state index in [1.165, 1.54) is 5.56 Å². The summed E-state index contributed by atoms with van der Waals surface area (Å²) in [6.07, 6.45) is 0. The van der Waals surface area contributed by atoms with Crippen molar-refractivity contribution in [3.05, 3.63) is 34.9 Å². The van der Waals surface area contributed by atoms with Crippen LogP contribution in [-0.4, -0.2) is 0 Å². The number of hydrogen-bond donors (Lipinski definition) is 0. The van der Waals surface area contributed by atoms with Gasteiger partial charge in [-0.3, -0.25) is 0 Å². The van der Waals surface area contributed by atoms with Crippen LogP contribution < -0.4 is 24.8 Å². The van der Waals surface area contributed by atoms with Gasteiger partial charge in [-0.2, -0.15) is 0 Å². The van der Waals surface area contributed by atoms with Gasteiger partial charge in [0.2, 0.25) is 0 Å². The van der Waals surface area contributed by atoms with E-state index in [-0.39, 0.29) is 44.3 Å². The Hall–Kier alpha value is 0.713. The van der Waals surface area contributed by atoms with Crippen molar-refractivity contribution in [2.75, 3.05) is 0 Å². The number of hydrogen-bond acceptors (Lipinski definition) is 0. The summed E-state index contributed by atoms with van der Waals surface area (Å²) in [5.41, 5.74) is 1.24. The van der Waals surface area contributed by atoms with E-state index in [9.17, 15) is 0 Å². The predicted molar refractivity (Wildman–Crippen MR) is 36.2 cm³/mol. The summed E-state index contributed by atoms with van der Waals surface area (Å²) in [5, 5.41) is 0.801. The molecule has 0 aliphatic carbocycles. The summed E-state index contributed by atoms with van der Waals surface area (Å²) in [6, 6.07) is 7.75. The van der Waals surface area contributed by atoms with Crippen molar-refractivity contribution in [2.24, 2.45) is 0 Å². The first-order valence-electron chi connectivity index (χ1n) is 2.51. The van der Waals surface area contributed by atoms with E-state index in [0.717, 1.165) is 5.02 Å². The largest absolute Gasteiger partial charge is 2.00 e. The van der Waals surface area contributed by atoms with E-state index in [1.807, 2.05) is 31.2 Å². The van der Waals surface area contributed by atoms with Crippen LogP contribution in [0.15, 0.2) is 24.3 Å². The summed E-state index contributed by atoms with van der Waals surface area (Å²) in [5.74, 6) is 0. The van der Waals surface area contributed by atoms with Crippen LogP contribution in [0.1, 0.15) is 5.56 Å². The Morgan fingerprint density at radius 1 is 1.00 bits per heavy atom. The van der Waals surface area contributed by atoms with Gasteiger partial charge < -0.3 is 24.8 Å². The topological polar surface area (TPSA) is 0 Å². The fraction of sp³-hybridized carbons (Fsp3) is 0.143. The molecular formula is C7H7Cl3Zn. The van der Waals surface area contributed by atoms with Crippen LogP contribution in [0.4, 0.5) is 0 Å². The maximum atomic E-state index is 5.61. The normalized spacial score (nSPS) is 6.73. The molecule has 0 amide bonds. The van der Waals surface area contributed by atoms with Gasteiger partial charge in [-0.25, -0.2) is 0 Å². The van der Waals surface area contributed by atoms with Gasteiger partial charge in [0.1, 0.15) is 0 Å². The molecule has 58 valence electrons. The summed E-state index contributed by atoms with van der Waals surface area (Å²) < 4.78 is 0. The first-order chi connectivity index (χ1) is 3.79. The SMILES string of the molecule is Cc1ccc(Cl)cc1.[Cl-].[Cl-].[Zn+2]. The molecule has 4 heteroatoms. The zero-order chi connectivity index (χ0) is 5.98. The molecule has 0 saturated carbocycles. The molecule has 0 aliphatic rings. The third kappa shape index (κ3) is 7.09. The van der Waals surface area contributed by atoms with Crippen LogP contribution in [0.5, 0.6) is 0 Å². The van der Waals surface area contributed by atoms with Crippen LogP contribution in [-0.2, 0) is 19.5 Å². The monoisotopic (exact) mass is 260 g/mol. The van der Waals surface area contributed by atoms with Crippen LogP contribution in [0, 0.1) is 6.92 Å². The first-order valence-corrected chi connectivity index (χ1v) is 2.89. The Labute approximate surface area is 97.3 Å². The molecule has 0 aliphatic heterocycles. The van der Waals surface area contributed by atoms with Crippen LogP contribution >= 0.6 is 11.6 Å². The second kappa shape index (κ2) is 8.81. The van der Waals surface area contributed by atoms with E-state index >= 15 is 0 Å². The summed E-state index contributed by atoms with van der Waals surface area (Å²) in [7, 11) is 0. The van der Waals surface area contributed by atoms with Crippen LogP contribution in [0.2, 0.25) is 5.02 Å². The molecule has 0 N–H and O–H groups in total. The zero-order valence-electron chi connectivity index (χ0n) is 6.15. The number of aryl methyl sites for hydroxylation is 1. The molecule has 0 radical (unpaired) electrons. The van der Waals surface area contributed by atoms with Gasteiger partial charge in [0, 0.05) is 5.02 Å². The maximum absolute atomic E-state index is 5.61. The third-order valence-electron chi connectivity index (χ3n) is 1.01. The van der Waals surface area contributed by atoms with Gasteiger partial charge in [-0.15, -0.1) is 0 Å². The smallest absolute Gasteiger partial charge is 1.00 e. The van der Waals surface area contributed by atoms with E-state index < -0.39 is 0 Å². The van der Waals surface area contributed by atoms with E-state index in [0.29, 0.717) is 0 Å². The number of rotatable bonds is 0. The van der Waals surface area contributed by atoms with Crippen molar-refractivity contribution < 1.29 is 44.3 Å². The Bertz CT molecular complexity index is 153. The van der Waals surface area contributed by atoms with Crippen molar-refractivity contribution in [1.29, 1.82) is 0 Å². The average molecular weight is 263 g/mol. The Kier molecular flexibility index (Phi) is 14.2. The minimum absolute atomic E-state index is 0. The molecule has 1 aromatic carbocycles. The molecule has 0 unspecified atom stereocenters. The molecule has 0 aromatic heterocycles. The maximum Gasteiger partial charge on any atom is 2.00 e. The van der Waals surface area contributed by atoms with E-state index in [4.69, 9.17) is 11.6 Å². The molecule has 0 atom stereocenters. The second-order valence-electron chi connectivity index (χ2n) is 1.80. The minimum Gasteiger partial charge on any atom is -1.00 e. The second-order valence-corrected chi connectivity index (χ2v) is 2.23. The van der Waals surface area contributed by atoms with E-state index in [2.05, 4.69) is 0 Å². The standard InChI is InChI=1S/C7H7Cl.2ClH.Zn/c1-6-2-4-7(8)5-3-6;;;/h2-5H,1H3;2*1H;/q;;;+2/p-2. The third-order valence-corrected chi connectivity index (χ3v) is 1.26.